The van der Waals surface area contributed by atoms with Crippen molar-refractivity contribution < 1.29 is 0 Å². The number of nitrogens with two attached hydrogens (primary N) is 1. The fourth-order valence-electron chi connectivity index (χ4n) is 1.17. The summed E-state index contributed by atoms with van der Waals surface area (Å²) in [5.41, 5.74) is 6.89. The van der Waals surface area contributed by atoms with Crippen LogP contribution in [-0.4, -0.2) is 4.98 Å². The average molecular weight is 171 g/mol. The Kier molecular flexibility index (Phi) is 2.35. The van der Waals surface area contributed by atoms with Gasteiger partial charge in [0.1, 0.15) is 5.82 Å². The minimum absolute atomic E-state index is 0. The molecule has 0 aliphatic heterocycles. The van der Waals surface area contributed by atoms with E-state index in [1.807, 2.05) is 6.07 Å². The highest BCUT2D eigenvalue weighted by Gasteiger charge is 2.25. The van der Waals surface area contributed by atoms with Crippen LogP contribution in [0.25, 0.3) is 0 Å². The number of rotatable bonds is 1. The number of pyridine rings is 1. The number of nitrogens with zero attached hydrogens (tertiary/aromatic N) is 1. The van der Waals surface area contributed by atoms with Crippen molar-refractivity contribution in [2.45, 2.75) is 18.8 Å². The first-order chi connectivity index (χ1) is 4.88. The van der Waals surface area contributed by atoms with Crippen molar-refractivity contribution in [1.82, 2.24) is 4.98 Å². The third-order valence-corrected chi connectivity index (χ3v) is 1.89. The summed E-state index contributed by atoms with van der Waals surface area (Å²) in [7, 11) is 0. The minimum Gasteiger partial charge on any atom is -0.383 e. The van der Waals surface area contributed by atoms with E-state index in [1.54, 1.807) is 6.20 Å². The summed E-state index contributed by atoms with van der Waals surface area (Å²) in [6, 6.07) is 4.02. The van der Waals surface area contributed by atoms with Gasteiger partial charge >= 0.3 is 0 Å². The van der Waals surface area contributed by atoms with Gasteiger partial charge in [-0.05, 0) is 30.4 Å². The second-order valence-electron chi connectivity index (χ2n) is 2.75. The molecule has 1 aromatic heterocycles. The average Bonchev–Trinajstić information content (AvgIpc) is 2.71. The summed E-state index contributed by atoms with van der Waals surface area (Å²) in [5, 5.41) is 0. The molecular formula is C8H11ClN2. The molecule has 0 atom stereocenters. The molecular weight excluding hydrogens is 160 g/mol. The number of halogens is 1. The molecule has 1 aromatic rings. The maximum atomic E-state index is 5.65. The molecule has 3 heteroatoms. The second-order valence-corrected chi connectivity index (χ2v) is 2.75. The molecule has 1 fully saturated rings. The molecule has 0 spiro atoms. The highest BCUT2D eigenvalue weighted by molar-refractivity contribution is 5.85. The lowest BCUT2D eigenvalue weighted by molar-refractivity contribution is 1.10. The number of hydrogen-bond donors (Lipinski definition) is 1. The first-order valence-corrected chi connectivity index (χ1v) is 3.58. The first-order valence-electron chi connectivity index (χ1n) is 3.58. The Hall–Kier alpha value is -0.760. The molecule has 1 heterocycles. The van der Waals surface area contributed by atoms with E-state index in [9.17, 15) is 0 Å². The van der Waals surface area contributed by atoms with Crippen LogP contribution in [0.3, 0.4) is 0 Å². The Morgan fingerprint density at radius 2 is 2.18 bits per heavy atom. The zero-order chi connectivity index (χ0) is 6.97. The quantitative estimate of drug-likeness (QED) is 0.700. The number of aromatic nitrogens is 1. The molecule has 11 heavy (non-hydrogen) atoms. The van der Waals surface area contributed by atoms with Crippen LogP contribution in [0.4, 0.5) is 5.82 Å². The largest absolute Gasteiger partial charge is 0.383 e. The molecule has 1 aliphatic rings. The number of anilines is 1. The van der Waals surface area contributed by atoms with E-state index in [-0.39, 0.29) is 12.4 Å². The van der Waals surface area contributed by atoms with Gasteiger partial charge in [0.15, 0.2) is 0 Å². The third-order valence-electron chi connectivity index (χ3n) is 1.89. The molecule has 0 unspecified atom stereocenters. The first kappa shape index (κ1) is 8.34. The van der Waals surface area contributed by atoms with Crippen molar-refractivity contribution in [3.8, 4) is 0 Å². The van der Waals surface area contributed by atoms with Gasteiger partial charge in [-0.3, -0.25) is 0 Å². The predicted molar refractivity (Wildman–Crippen MR) is 47.9 cm³/mol. The summed E-state index contributed by atoms with van der Waals surface area (Å²) in [6.45, 7) is 0. The van der Waals surface area contributed by atoms with Crippen LogP contribution >= 0.6 is 12.4 Å². The monoisotopic (exact) mass is 170 g/mol. The zero-order valence-corrected chi connectivity index (χ0v) is 6.97. The van der Waals surface area contributed by atoms with E-state index < -0.39 is 0 Å². The molecule has 0 saturated heterocycles. The Bertz CT molecular complexity index is 246. The fraction of sp³-hybridized carbons (Fsp3) is 0.375. The maximum Gasteiger partial charge on any atom is 0.126 e. The summed E-state index contributed by atoms with van der Waals surface area (Å²) in [5.74, 6) is 1.43. The minimum atomic E-state index is 0. The van der Waals surface area contributed by atoms with Crippen molar-refractivity contribution in [1.29, 1.82) is 0 Å². The standard InChI is InChI=1S/C8H10N2.ClH/c9-8-7(6-3-4-6)2-1-5-10-8;/h1-2,5-6H,3-4H2,(H2,9,10);1H. The van der Waals surface area contributed by atoms with Crippen molar-refractivity contribution >= 4 is 18.2 Å². The van der Waals surface area contributed by atoms with Gasteiger partial charge in [-0.2, -0.15) is 0 Å². The van der Waals surface area contributed by atoms with Crippen molar-refractivity contribution in [3.63, 3.8) is 0 Å². The van der Waals surface area contributed by atoms with Gasteiger partial charge in [-0.15, -0.1) is 12.4 Å². The Balaban J connectivity index is 0.000000605. The molecule has 0 aromatic carbocycles. The molecule has 0 bridgehead atoms. The highest BCUT2D eigenvalue weighted by atomic mass is 35.5. The highest BCUT2D eigenvalue weighted by Crippen LogP contribution is 2.41. The van der Waals surface area contributed by atoms with Crippen LogP contribution in [0.5, 0.6) is 0 Å². The fourth-order valence-corrected chi connectivity index (χ4v) is 1.17. The van der Waals surface area contributed by atoms with Gasteiger partial charge in [-0.1, -0.05) is 6.07 Å². The van der Waals surface area contributed by atoms with Crippen LogP contribution < -0.4 is 5.73 Å². The van der Waals surface area contributed by atoms with Crippen LogP contribution in [0, 0.1) is 0 Å². The molecule has 0 amide bonds. The van der Waals surface area contributed by atoms with Gasteiger partial charge in [-0.25, -0.2) is 4.98 Å². The number of nitrogen functional groups attached to an aromatic ring is 1. The molecule has 2 nitrogen and oxygen atoms in total. The molecule has 2 rings (SSSR count). The van der Waals surface area contributed by atoms with E-state index in [4.69, 9.17) is 5.73 Å². The summed E-state index contributed by atoms with van der Waals surface area (Å²) < 4.78 is 0. The second kappa shape index (κ2) is 3.09. The van der Waals surface area contributed by atoms with Crippen LogP contribution in [0.2, 0.25) is 0 Å². The smallest absolute Gasteiger partial charge is 0.126 e. The Morgan fingerprint density at radius 1 is 1.45 bits per heavy atom. The van der Waals surface area contributed by atoms with E-state index in [0.29, 0.717) is 11.7 Å². The van der Waals surface area contributed by atoms with Crippen LogP contribution in [0.1, 0.15) is 24.3 Å². The molecule has 0 radical (unpaired) electrons. The Morgan fingerprint density at radius 3 is 2.73 bits per heavy atom. The predicted octanol–water partition coefficient (Wildman–Crippen LogP) is 1.96. The van der Waals surface area contributed by atoms with E-state index in [0.717, 1.165) is 0 Å². The van der Waals surface area contributed by atoms with E-state index in [2.05, 4.69) is 11.1 Å². The van der Waals surface area contributed by atoms with Gasteiger partial charge in [0.05, 0.1) is 0 Å². The third kappa shape index (κ3) is 1.63. The molecule has 1 saturated carbocycles. The normalized spacial score (nSPS) is 15.6. The van der Waals surface area contributed by atoms with Crippen molar-refractivity contribution in [2.75, 3.05) is 5.73 Å². The topological polar surface area (TPSA) is 38.9 Å². The zero-order valence-electron chi connectivity index (χ0n) is 6.16. The molecule has 60 valence electrons. The SMILES string of the molecule is Cl.Nc1ncccc1C1CC1. The van der Waals surface area contributed by atoms with Crippen molar-refractivity contribution in [3.05, 3.63) is 23.9 Å². The lowest BCUT2D eigenvalue weighted by atomic mass is 10.2. The van der Waals surface area contributed by atoms with E-state index in [1.165, 1.54) is 18.4 Å². The molecule has 1 aliphatic carbocycles. The van der Waals surface area contributed by atoms with Gasteiger partial charge in [0, 0.05) is 6.20 Å². The van der Waals surface area contributed by atoms with E-state index >= 15 is 0 Å². The van der Waals surface area contributed by atoms with Gasteiger partial charge in [0.25, 0.3) is 0 Å². The van der Waals surface area contributed by atoms with Crippen LogP contribution in [-0.2, 0) is 0 Å². The lowest BCUT2D eigenvalue weighted by Crippen LogP contribution is -1.94. The summed E-state index contributed by atoms with van der Waals surface area (Å²) >= 11 is 0. The molecule has 2 N–H and O–H groups in total. The summed E-state index contributed by atoms with van der Waals surface area (Å²) in [6.07, 6.45) is 4.31. The van der Waals surface area contributed by atoms with Crippen molar-refractivity contribution in [2.24, 2.45) is 0 Å². The summed E-state index contributed by atoms with van der Waals surface area (Å²) in [4.78, 5) is 4.02. The Labute approximate surface area is 72.2 Å². The van der Waals surface area contributed by atoms with Crippen LogP contribution in [0.15, 0.2) is 18.3 Å². The van der Waals surface area contributed by atoms with Gasteiger partial charge < -0.3 is 5.73 Å². The number of hydrogen-bond acceptors (Lipinski definition) is 2. The lowest BCUT2D eigenvalue weighted by Gasteiger charge is -1.99. The maximum absolute atomic E-state index is 5.65. The van der Waals surface area contributed by atoms with Gasteiger partial charge in [0.2, 0.25) is 0 Å².